The fourth-order valence-corrected chi connectivity index (χ4v) is 4.05. The highest BCUT2D eigenvalue weighted by Crippen LogP contribution is 2.28. The Labute approximate surface area is 174 Å². The van der Waals surface area contributed by atoms with Crippen molar-refractivity contribution in [1.29, 1.82) is 0 Å². The summed E-state index contributed by atoms with van der Waals surface area (Å²) in [6, 6.07) is 17.7. The van der Waals surface area contributed by atoms with Gasteiger partial charge in [-0.25, -0.2) is 14.4 Å². The molecule has 0 aliphatic carbocycles. The smallest absolute Gasteiger partial charge is 0.312 e. The van der Waals surface area contributed by atoms with E-state index < -0.39 is 12.1 Å². The van der Waals surface area contributed by atoms with E-state index in [4.69, 9.17) is 0 Å². The highest BCUT2D eigenvalue weighted by molar-refractivity contribution is 6.21. The third kappa shape index (κ3) is 3.03. The summed E-state index contributed by atoms with van der Waals surface area (Å²) < 4.78 is 3.15. The fraction of sp³-hybridized carbons (Fsp3) is 0.261. The Kier molecular flexibility index (Phi) is 5.03. The molecule has 0 unspecified atom stereocenters. The molecular weight excluding hydrogens is 380 g/mol. The molecule has 0 N–H and O–H groups in total. The van der Waals surface area contributed by atoms with Crippen molar-refractivity contribution in [3.05, 3.63) is 82.3 Å². The highest BCUT2D eigenvalue weighted by Gasteiger charge is 2.47. The average molecular weight is 404 g/mol. The maximum absolute atomic E-state index is 13.4. The average Bonchev–Trinajstić information content (AvgIpc) is 3.12. The van der Waals surface area contributed by atoms with Crippen LogP contribution in [0.15, 0.2) is 65.5 Å². The first-order valence-electron chi connectivity index (χ1n) is 9.98. The van der Waals surface area contributed by atoms with Crippen molar-refractivity contribution in [2.45, 2.75) is 26.3 Å². The largest absolute Gasteiger partial charge is 0.332 e. The zero-order valence-electron chi connectivity index (χ0n) is 17.3. The minimum Gasteiger partial charge on any atom is -0.312 e. The molecule has 3 aromatic rings. The van der Waals surface area contributed by atoms with Crippen molar-refractivity contribution in [2.24, 2.45) is 7.05 Å². The van der Waals surface area contributed by atoms with E-state index >= 15 is 0 Å². The van der Waals surface area contributed by atoms with Crippen LogP contribution in [-0.2, 0) is 18.3 Å². The van der Waals surface area contributed by atoms with E-state index in [-0.39, 0.29) is 17.2 Å². The van der Waals surface area contributed by atoms with Gasteiger partial charge < -0.3 is 4.90 Å². The number of urea groups is 1. The van der Waals surface area contributed by atoms with Gasteiger partial charge in [0.25, 0.3) is 11.5 Å². The third-order valence-corrected chi connectivity index (χ3v) is 5.68. The Hall–Kier alpha value is -3.61. The van der Waals surface area contributed by atoms with E-state index in [0.29, 0.717) is 24.3 Å². The number of carbonyl (C=O) groups excluding carboxylic acids is 2. The van der Waals surface area contributed by atoms with Crippen molar-refractivity contribution in [3.8, 4) is 5.69 Å². The topological polar surface area (TPSA) is 67.6 Å². The van der Waals surface area contributed by atoms with E-state index in [1.165, 1.54) is 9.58 Å². The number of aromatic nitrogens is 2. The predicted molar refractivity (Wildman–Crippen MR) is 115 cm³/mol. The lowest BCUT2D eigenvalue weighted by Crippen LogP contribution is -2.36. The Morgan fingerprint density at radius 2 is 1.50 bits per heavy atom. The van der Waals surface area contributed by atoms with Crippen LogP contribution in [0.1, 0.15) is 18.2 Å². The number of benzene rings is 2. The Morgan fingerprint density at radius 1 is 0.900 bits per heavy atom. The van der Waals surface area contributed by atoms with Crippen LogP contribution < -0.4 is 10.5 Å². The maximum atomic E-state index is 13.4. The number of para-hydroxylation sites is 1. The molecule has 4 rings (SSSR count). The first-order chi connectivity index (χ1) is 14.5. The van der Waals surface area contributed by atoms with Crippen LogP contribution in [-0.4, -0.2) is 38.8 Å². The van der Waals surface area contributed by atoms with Gasteiger partial charge in [0.2, 0.25) is 0 Å². The van der Waals surface area contributed by atoms with Crippen molar-refractivity contribution in [3.63, 3.8) is 0 Å². The SMILES string of the molecule is CCN1C(=O)N(c2c(C)n(C)n(-c3ccccc3)c2=O)C(=O)[C@@H]1Cc1ccccc1. The zero-order valence-corrected chi connectivity index (χ0v) is 17.3. The van der Waals surface area contributed by atoms with Gasteiger partial charge in [-0.15, -0.1) is 0 Å². The summed E-state index contributed by atoms with van der Waals surface area (Å²) in [5.41, 5.74) is 1.92. The number of nitrogens with zero attached hydrogens (tertiary/aromatic N) is 4. The van der Waals surface area contributed by atoms with Gasteiger partial charge in [-0.05, 0) is 31.5 Å². The lowest BCUT2D eigenvalue weighted by molar-refractivity contribution is -0.119. The molecule has 1 aliphatic heterocycles. The second kappa shape index (κ2) is 7.67. The quantitative estimate of drug-likeness (QED) is 0.614. The van der Waals surface area contributed by atoms with Gasteiger partial charge in [-0.1, -0.05) is 48.5 Å². The van der Waals surface area contributed by atoms with Crippen molar-refractivity contribution in [2.75, 3.05) is 11.4 Å². The summed E-state index contributed by atoms with van der Waals surface area (Å²) >= 11 is 0. The van der Waals surface area contributed by atoms with E-state index in [9.17, 15) is 14.4 Å². The van der Waals surface area contributed by atoms with E-state index in [1.54, 1.807) is 18.7 Å². The van der Waals surface area contributed by atoms with E-state index in [0.717, 1.165) is 10.5 Å². The molecule has 154 valence electrons. The number of likely N-dealkylation sites (N-methyl/N-ethyl adjacent to an activating group) is 1. The number of carbonyl (C=O) groups is 2. The van der Waals surface area contributed by atoms with Crippen molar-refractivity contribution < 1.29 is 9.59 Å². The van der Waals surface area contributed by atoms with Crippen molar-refractivity contribution >= 4 is 17.6 Å². The van der Waals surface area contributed by atoms with Gasteiger partial charge in [0.15, 0.2) is 0 Å². The van der Waals surface area contributed by atoms with Gasteiger partial charge in [0.05, 0.1) is 11.4 Å². The predicted octanol–water partition coefficient (Wildman–Crippen LogP) is 2.88. The van der Waals surface area contributed by atoms with Gasteiger partial charge in [-0.3, -0.25) is 14.3 Å². The van der Waals surface area contributed by atoms with Crippen molar-refractivity contribution in [1.82, 2.24) is 14.3 Å². The molecule has 30 heavy (non-hydrogen) atoms. The molecule has 1 saturated heterocycles. The van der Waals surface area contributed by atoms with Gasteiger partial charge in [0, 0.05) is 20.0 Å². The second-order valence-corrected chi connectivity index (χ2v) is 7.36. The molecule has 2 heterocycles. The summed E-state index contributed by atoms with van der Waals surface area (Å²) in [6.07, 6.45) is 0.411. The molecule has 0 spiro atoms. The molecule has 7 heteroatoms. The molecule has 0 saturated carbocycles. The van der Waals surface area contributed by atoms with Crippen LogP contribution in [0.2, 0.25) is 0 Å². The first kappa shape index (κ1) is 19.7. The number of amides is 3. The molecule has 3 amide bonds. The maximum Gasteiger partial charge on any atom is 0.332 e. The first-order valence-corrected chi connectivity index (χ1v) is 9.98. The van der Waals surface area contributed by atoms with Crippen LogP contribution in [0, 0.1) is 6.92 Å². The highest BCUT2D eigenvalue weighted by atomic mass is 16.2. The summed E-state index contributed by atoms with van der Waals surface area (Å²) in [5.74, 6) is -0.364. The van der Waals surface area contributed by atoms with Crippen LogP contribution in [0.3, 0.4) is 0 Å². The standard InChI is InChI=1S/C23H24N4O3/c1-4-25-19(15-17-11-7-5-8-12-17)21(28)26(23(25)30)20-16(2)24(3)27(22(20)29)18-13-9-6-10-14-18/h5-14,19H,4,15H2,1-3H3/t19-/m0/s1. The molecule has 1 atom stereocenters. The molecule has 1 fully saturated rings. The molecule has 1 aromatic heterocycles. The summed E-state index contributed by atoms with van der Waals surface area (Å²) in [7, 11) is 1.75. The minimum absolute atomic E-state index is 0.116. The van der Waals surface area contributed by atoms with E-state index in [1.807, 2.05) is 67.6 Å². The Balaban J connectivity index is 1.78. The molecule has 7 nitrogen and oxygen atoms in total. The summed E-state index contributed by atoms with van der Waals surface area (Å²) in [6.45, 7) is 3.97. The molecular formula is C23H24N4O3. The number of rotatable bonds is 5. The zero-order chi connectivity index (χ0) is 21.4. The van der Waals surface area contributed by atoms with Gasteiger partial charge in [0.1, 0.15) is 11.7 Å². The van der Waals surface area contributed by atoms with Crippen LogP contribution >= 0.6 is 0 Å². The third-order valence-electron chi connectivity index (χ3n) is 5.68. The Bertz CT molecular complexity index is 1150. The number of hydrogen-bond donors (Lipinski definition) is 0. The monoisotopic (exact) mass is 404 g/mol. The second-order valence-electron chi connectivity index (χ2n) is 7.36. The number of imide groups is 1. The summed E-state index contributed by atoms with van der Waals surface area (Å²) in [4.78, 5) is 42.5. The van der Waals surface area contributed by atoms with Gasteiger partial charge >= 0.3 is 6.03 Å². The summed E-state index contributed by atoms with van der Waals surface area (Å²) in [5, 5.41) is 0. The van der Waals surface area contributed by atoms with Crippen LogP contribution in [0.4, 0.5) is 10.5 Å². The lowest BCUT2D eigenvalue weighted by Gasteiger charge is -2.19. The fourth-order valence-electron chi connectivity index (χ4n) is 4.05. The van der Waals surface area contributed by atoms with Crippen LogP contribution in [0.25, 0.3) is 5.69 Å². The molecule has 0 bridgehead atoms. The Morgan fingerprint density at radius 3 is 2.10 bits per heavy atom. The van der Waals surface area contributed by atoms with E-state index in [2.05, 4.69) is 0 Å². The van der Waals surface area contributed by atoms with Gasteiger partial charge in [-0.2, -0.15) is 0 Å². The molecule has 0 radical (unpaired) electrons. The molecule has 2 aromatic carbocycles. The molecule has 1 aliphatic rings. The lowest BCUT2D eigenvalue weighted by atomic mass is 10.1. The normalized spacial score (nSPS) is 16.6. The van der Waals surface area contributed by atoms with Crippen LogP contribution in [0.5, 0.6) is 0 Å². The number of anilines is 1. The number of hydrogen-bond acceptors (Lipinski definition) is 3. The minimum atomic E-state index is -0.630.